The monoisotopic (exact) mass is 347 g/mol. The number of benzene rings is 1. The molecule has 2 N–H and O–H groups in total. The highest BCUT2D eigenvalue weighted by Gasteiger charge is 2.28. The summed E-state index contributed by atoms with van der Waals surface area (Å²) in [4.78, 5) is 14.8. The maximum Gasteiger partial charge on any atom is 0.246 e. The average Bonchev–Trinajstić information content (AvgIpc) is 2.37. The number of fused-ring (bicyclic) bond motifs is 1. The molecule has 0 bridgehead atoms. The highest BCUT2D eigenvalue weighted by atomic mass is 35.5. The molecule has 2 rings (SSSR count). The van der Waals surface area contributed by atoms with Crippen molar-refractivity contribution in [2.75, 3.05) is 13.6 Å². The van der Waals surface area contributed by atoms with E-state index in [4.69, 9.17) is 28.9 Å². The smallest absolute Gasteiger partial charge is 0.246 e. The number of carbonyl (C=O) groups is 1. The Morgan fingerprint density at radius 2 is 1.95 bits per heavy atom. The van der Waals surface area contributed by atoms with Crippen molar-refractivity contribution in [3.63, 3.8) is 0 Å². The Labute approximate surface area is 131 Å². The number of rotatable bonds is 4. The number of primary amides is 1. The van der Waals surface area contributed by atoms with Crippen molar-refractivity contribution < 1.29 is 13.2 Å². The van der Waals surface area contributed by atoms with Crippen molar-refractivity contribution in [1.29, 1.82) is 0 Å². The van der Waals surface area contributed by atoms with E-state index in [9.17, 15) is 13.2 Å². The van der Waals surface area contributed by atoms with E-state index in [1.807, 2.05) is 0 Å². The predicted molar refractivity (Wildman–Crippen MR) is 80.8 cm³/mol. The van der Waals surface area contributed by atoms with Crippen LogP contribution in [0.4, 0.5) is 0 Å². The van der Waals surface area contributed by atoms with Gasteiger partial charge in [0.05, 0.1) is 22.1 Å². The number of likely N-dealkylation sites (N-methyl/N-ethyl adjacent to an activating group) is 1. The molecule has 0 saturated carbocycles. The van der Waals surface area contributed by atoms with Crippen molar-refractivity contribution in [2.24, 2.45) is 5.73 Å². The normalized spacial score (nSPS) is 12.0. The molecule has 1 heterocycles. The molecule has 0 fully saturated rings. The molecule has 9 heteroatoms. The second kappa shape index (κ2) is 5.76. The standard InChI is InChI=1S/C12H11Cl2N3O3S/c1-17(6-10(15)18)21(19,20)12-9(14)3-2-7-8(13)4-5-16-11(7)12/h2-5H,6H2,1H3,(H2,15,18). The number of nitrogens with zero attached hydrogens (tertiary/aromatic N) is 2. The number of halogens is 2. The largest absolute Gasteiger partial charge is 0.369 e. The molecular weight excluding hydrogens is 337 g/mol. The van der Waals surface area contributed by atoms with Crippen LogP contribution in [-0.4, -0.2) is 37.2 Å². The van der Waals surface area contributed by atoms with Crippen LogP contribution in [0.25, 0.3) is 10.9 Å². The molecule has 1 aromatic carbocycles. The topological polar surface area (TPSA) is 93.4 Å². The summed E-state index contributed by atoms with van der Waals surface area (Å²) in [6.45, 7) is -0.463. The number of nitrogens with two attached hydrogens (primary N) is 1. The van der Waals surface area contributed by atoms with Crippen LogP contribution in [0.15, 0.2) is 29.3 Å². The number of hydrogen-bond donors (Lipinski definition) is 1. The van der Waals surface area contributed by atoms with E-state index < -0.39 is 22.5 Å². The fourth-order valence-electron chi connectivity index (χ4n) is 1.84. The van der Waals surface area contributed by atoms with Gasteiger partial charge in [0.25, 0.3) is 0 Å². The molecule has 0 aliphatic rings. The minimum atomic E-state index is -4.03. The number of carbonyl (C=O) groups excluding carboxylic acids is 1. The molecule has 0 aliphatic heterocycles. The van der Waals surface area contributed by atoms with Crippen molar-refractivity contribution in [2.45, 2.75) is 4.90 Å². The molecule has 0 radical (unpaired) electrons. The van der Waals surface area contributed by atoms with Crippen molar-refractivity contribution in [1.82, 2.24) is 9.29 Å². The van der Waals surface area contributed by atoms with Gasteiger partial charge in [-0.05, 0) is 18.2 Å². The number of sulfonamides is 1. The Kier molecular flexibility index (Phi) is 4.38. The van der Waals surface area contributed by atoms with Crippen LogP contribution in [0.3, 0.4) is 0 Å². The van der Waals surface area contributed by atoms with Crippen LogP contribution in [0.2, 0.25) is 10.0 Å². The Hall–Kier alpha value is -1.41. The van der Waals surface area contributed by atoms with Crippen molar-refractivity contribution in [3.8, 4) is 0 Å². The van der Waals surface area contributed by atoms with Gasteiger partial charge in [-0.25, -0.2) is 8.42 Å². The zero-order valence-corrected chi connectivity index (χ0v) is 13.2. The number of pyridine rings is 1. The highest BCUT2D eigenvalue weighted by molar-refractivity contribution is 7.89. The molecule has 1 amide bonds. The molecule has 0 aliphatic carbocycles. The third kappa shape index (κ3) is 2.96. The first kappa shape index (κ1) is 16.0. The van der Waals surface area contributed by atoms with Crippen LogP contribution in [0, 0.1) is 0 Å². The van der Waals surface area contributed by atoms with Gasteiger partial charge in [-0.3, -0.25) is 9.78 Å². The average molecular weight is 348 g/mol. The van der Waals surface area contributed by atoms with Gasteiger partial charge in [0.1, 0.15) is 4.90 Å². The maximum absolute atomic E-state index is 12.6. The minimum Gasteiger partial charge on any atom is -0.369 e. The first-order valence-electron chi connectivity index (χ1n) is 5.72. The first-order chi connectivity index (χ1) is 9.75. The lowest BCUT2D eigenvalue weighted by atomic mass is 10.2. The number of aromatic nitrogens is 1. The third-order valence-corrected chi connectivity index (χ3v) is 5.45. The van der Waals surface area contributed by atoms with Gasteiger partial charge in [0.15, 0.2) is 0 Å². The Morgan fingerprint density at radius 3 is 2.57 bits per heavy atom. The molecule has 2 aromatic rings. The zero-order valence-electron chi connectivity index (χ0n) is 10.9. The van der Waals surface area contributed by atoms with Gasteiger partial charge in [-0.1, -0.05) is 23.2 Å². The molecule has 0 atom stereocenters. The first-order valence-corrected chi connectivity index (χ1v) is 7.92. The fourth-order valence-corrected chi connectivity index (χ4v) is 3.82. The number of amides is 1. The van der Waals surface area contributed by atoms with Crippen LogP contribution in [0.5, 0.6) is 0 Å². The summed E-state index contributed by atoms with van der Waals surface area (Å²) in [6, 6.07) is 4.55. The van der Waals surface area contributed by atoms with Gasteiger partial charge in [-0.2, -0.15) is 4.31 Å². The summed E-state index contributed by atoms with van der Waals surface area (Å²) in [5, 5.41) is 0.800. The van der Waals surface area contributed by atoms with Crippen LogP contribution < -0.4 is 5.73 Å². The second-order valence-electron chi connectivity index (χ2n) is 4.29. The molecule has 1 aromatic heterocycles. The van der Waals surface area contributed by atoms with E-state index in [1.165, 1.54) is 19.3 Å². The summed E-state index contributed by atoms with van der Waals surface area (Å²) in [5.74, 6) is -0.775. The zero-order chi connectivity index (χ0) is 15.8. The summed E-state index contributed by atoms with van der Waals surface area (Å²) >= 11 is 12.0. The van der Waals surface area contributed by atoms with E-state index in [-0.39, 0.29) is 15.4 Å². The van der Waals surface area contributed by atoms with E-state index in [0.29, 0.717) is 10.4 Å². The summed E-state index contributed by atoms with van der Waals surface area (Å²) in [7, 11) is -2.79. The number of hydrogen-bond acceptors (Lipinski definition) is 4. The maximum atomic E-state index is 12.6. The van der Waals surface area contributed by atoms with E-state index in [0.717, 1.165) is 4.31 Å². The Morgan fingerprint density at radius 1 is 1.29 bits per heavy atom. The van der Waals surface area contributed by atoms with E-state index in [2.05, 4.69) is 4.98 Å². The molecule has 0 unspecified atom stereocenters. The summed E-state index contributed by atoms with van der Waals surface area (Å²) in [6.07, 6.45) is 1.38. The van der Waals surface area contributed by atoms with Gasteiger partial charge in [0, 0.05) is 18.6 Å². The molecule has 0 saturated heterocycles. The quantitative estimate of drug-likeness (QED) is 0.909. The third-order valence-electron chi connectivity index (χ3n) is 2.81. The lowest BCUT2D eigenvalue weighted by molar-refractivity contribution is -0.118. The molecule has 112 valence electrons. The lowest BCUT2D eigenvalue weighted by Crippen LogP contribution is -2.35. The lowest BCUT2D eigenvalue weighted by Gasteiger charge is -2.17. The minimum absolute atomic E-state index is 0.00594. The molecule has 6 nitrogen and oxygen atoms in total. The van der Waals surface area contributed by atoms with E-state index >= 15 is 0 Å². The Bertz CT molecular complexity index is 824. The predicted octanol–water partition coefficient (Wildman–Crippen LogP) is 1.65. The Balaban J connectivity index is 2.74. The van der Waals surface area contributed by atoms with Crippen LogP contribution >= 0.6 is 23.2 Å². The summed E-state index contributed by atoms with van der Waals surface area (Å²) < 4.78 is 25.9. The molecule has 0 spiro atoms. The van der Waals surface area contributed by atoms with E-state index in [1.54, 1.807) is 12.1 Å². The summed E-state index contributed by atoms with van der Waals surface area (Å²) in [5.41, 5.74) is 5.17. The van der Waals surface area contributed by atoms with Gasteiger partial charge >= 0.3 is 0 Å². The van der Waals surface area contributed by atoms with Crippen molar-refractivity contribution >= 4 is 50.0 Å². The van der Waals surface area contributed by atoms with Gasteiger partial charge in [0.2, 0.25) is 15.9 Å². The second-order valence-corrected chi connectivity index (χ2v) is 7.09. The van der Waals surface area contributed by atoms with Gasteiger partial charge < -0.3 is 5.73 Å². The van der Waals surface area contributed by atoms with Gasteiger partial charge in [-0.15, -0.1) is 0 Å². The van der Waals surface area contributed by atoms with Crippen LogP contribution in [-0.2, 0) is 14.8 Å². The molecular formula is C12H11Cl2N3O3S. The highest BCUT2D eigenvalue weighted by Crippen LogP contribution is 2.33. The SMILES string of the molecule is CN(CC(N)=O)S(=O)(=O)c1c(Cl)ccc2c(Cl)ccnc12. The fraction of sp³-hybridized carbons (Fsp3) is 0.167. The molecule has 21 heavy (non-hydrogen) atoms. The van der Waals surface area contributed by atoms with Crippen LogP contribution in [0.1, 0.15) is 0 Å². The van der Waals surface area contributed by atoms with Crippen molar-refractivity contribution in [3.05, 3.63) is 34.4 Å².